The van der Waals surface area contributed by atoms with Crippen LogP contribution in [0.4, 0.5) is 8.78 Å². The van der Waals surface area contributed by atoms with Crippen LogP contribution in [0.5, 0.6) is 0 Å². The summed E-state index contributed by atoms with van der Waals surface area (Å²) >= 11 is 14.2. The largest absolute Gasteiger partial charge is 0.266 e. The van der Waals surface area contributed by atoms with Crippen molar-refractivity contribution in [2.24, 2.45) is 0 Å². The van der Waals surface area contributed by atoms with Crippen molar-refractivity contribution in [1.29, 1.82) is 0 Å². The Morgan fingerprint density at radius 3 is 2.62 bits per heavy atom. The highest BCUT2D eigenvalue weighted by molar-refractivity contribution is 9.10. The van der Waals surface area contributed by atoms with Crippen molar-refractivity contribution in [3.63, 3.8) is 0 Å². The minimum atomic E-state index is -2.58. The molecule has 0 saturated carbocycles. The Balaban J connectivity index is 3.27. The van der Waals surface area contributed by atoms with Crippen LogP contribution in [0, 0.1) is 0 Å². The van der Waals surface area contributed by atoms with E-state index >= 15 is 0 Å². The zero-order valence-electron chi connectivity index (χ0n) is 6.20. The van der Waals surface area contributed by atoms with Gasteiger partial charge in [0.05, 0.1) is 11.4 Å². The molecule has 1 rings (SSSR count). The van der Waals surface area contributed by atoms with E-state index in [1.165, 1.54) is 0 Å². The Morgan fingerprint density at radius 1 is 1.54 bits per heavy atom. The van der Waals surface area contributed by atoms with Crippen LogP contribution in [0.2, 0.25) is 5.15 Å². The second-order valence-electron chi connectivity index (χ2n) is 2.23. The maximum absolute atomic E-state index is 12.3. The van der Waals surface area contributed by atoms with E-state index in [-0.39, 0.29) is 21.1 Å². The highest BCUT2D eigenvalue weighted by atomic mass is 79.9. The molecule has 0 atom stereocenters. The van der Waals surface area contributed by atoms with E-state index in [1.54, 1.807) is 0 Å². The second kappa shape index (κ2) is 4.53. The van der Waals surface area contributed by atoms with Crippen LogP contribution < -0.4 is 0 Å². The topological polar surface area (TPSA) is 12.9 Å². The van der Waals surface area contributed by atoms with Crippen LogP contribution in [0.15, 0.2) is 10.7 Å². The molecule has 0 aromatic carbocycles. The van der Waals surface area contributed by atoms with Gasteiger partial charge in [-0.1, -0.05) is 11.6 Å². The molecule has 1 aromatic heterocycles. The van der Waals surface area contributed by atoms with E-state index in [0.29, 0.717) is 5.56 Å². The molecule has 1 heterocycles. The van der Waals surface area contributed by atoms with E-state index in [2.05, 4.69) is 20.9 Å². The van der Waals surface area contributed by atoms with Gasteiger partial charge in [0.25, 0.3) is 6.43 Å². The zero-order valence-corrected chi connectivity index (χ0v) is 9.30. The predicted octanol–water partition coefficient (Wildman–Crippen LogP) is 4.17. The molecule has 0 N–H and O–H groups in total. The molecule has 72 valence electrons. The van der Waals surface area contributed by atoms with Crippen molar-refractivity contribution < 1.29 is 8.78 Å². The standard InChI is InChI=1S/C7H4BrCl2F2N/c8-5-3(1-9)6(10)13-2-4(5)7(11)12/h2,7H,1H2. The summed E-state index contributed by atoms with van der Waals surface area (Å²) in [6.07, 6.45) is -1.55. The van der Waals surface area contributed by atoms with Crippen LogP contribution in [0.3, 0.4) is 0 Å². The van der Waals surface area contributed by atoms with Gasteiger partial charge < -0.3 is 0 Å². The fourth-order valence-corrected chi connectivity index (χ4v) is 2.21. The number of rotatable bonds is 2. The summed E-state index contributed by atoms with van der Waals surface area (Å²) in [5.74, 6) is 0.0486. The average molecular weight is 291 g/mol. The Kier molecular flexibility index (Phi) is 3.88. The molecule has 0 aliphatic heterocycles. The predicted molar refractivity (Wildman–Crippen MR) is 51.5 cm³/mol. The first-order valence-electron chi connectivity index (χ1n) is 3.24. The summed E-state index contributed by atoms with van der Waals surface area (Å²) in [5, 5.41) is 0.145. The third-order valence-corrected chi connectivity index (χ3v) is 2.98. The number of halogens is 5. The SMILES string of the molecule is FC(F)c1cnc(Cl)c(CCl)c1Br. The Morgan fingerprint density at radius 2 is 2.15 bits per heavy atom. The molecule has 0 aliphatic carbocycles. The monoisotopic (exact) mass is 289 g/mol. The fourth-order valence-electron chi connectivity index (χ4n) is 0.792. The third kappa shape index (κ3) is 2.30. The summed E-state index contributed by atoms with van der Waals surface area (Å²) < 4.78 is 24.9. The number of nitrogens with zero attached hydrogens (tertiary/aromatic N) is 1. The van der Waals surface area contributed by atoms with Crippen molar-refractivity contribution in [1.82, 2.24) is 4.98 Å². The lowest BCUT2D eigenvalue weighted by Crippen LogP contribution is -1.94. The molecule has 0 saturated heterocycles. The number of alkyl halides is 3. The quantitative estimate of drug-likeness (QED) is 0.588. The van der Waals surface area contributed by atoms with E-state index in [4.69, 9.17) is 23.2 Å². The number of hydrogen-bond acceptors (Lipinski definition) is 1. The molecule has 0 aliphatic rings. The van der Waals surface area contributed by atoms with Gasteiger partial charge in [-0.05, 0) is 15.9 Å². The van der Waals surface area contributed by atoms with Crippen LogP contribution in [-0.4, -0.2) is 4.98 Å². The number of aromatic nitrogens is 1. The van der Waals surface area contributed by atoms with Gasteiger partial charge in [-0.15, -0.1) is 11.6 Å². The molecule has 1 nitrogen and oxygen atoms in total. The number of pyridine rings is 1. The normalized spacial score (nSPS) is 10.9. The summed E-state index contributed by atoms with van der Waals surface area (Å²) in [6, 6.07) is 0. The lowest BCUT2D eigenvalue weighted by atomic mass is 10.2. The van der Waals surface area contributed by atoms with Crippen LogP contribution >= 0.6 is 39.1 Å². The van der Waals surface area contributed by atoms with Gasteiger partial charge in [0.1, 0.15) is 5.15 Å². The summed E-state index contributed by atoms with van der Waals surface area (Å²) in [4.78, 5) is 3.60. The van der Waals surface area contributed by atoms with E-state index in [9.17, 15) is 8.78 Å². The minimum Gasteiger partial charge on any atom is -0.244 e. The lowest BCUT2D eigenvalue weighted by molar-refractivity contribution is 0.150. The first kappa shape index (κ1) is 11.1. The highest BCUT2D eigenvalue weighted by Gasteiger charge is 2.17. The molecule has 13 heavy (non-hydrogen) atoms. The van der Waals surface area contributed by atoms with Crippen LogP contribution in [-0.2, 0) is 5.88 Å². The molecule has 0 unspecified atom stereocenters. The summed E-state index contributed by atoms with van der Waals surface area (Å²) in [7, 11) is 0. The molecule has 6 heteroatoms. The first-order valence-corrected chi connectivity index (χ1v) is 4.95. The maximum Gasteiger partial charge on any atom is 0.266 e. The fraction of sp³-hybridized carbons (Fsp3) is 0.286. The first-order chi connectivity index (χ1) is 6.07. The second-order valence-corrected chi connectivity index (χ2v) is 3.65. The van der Waals surface area contributed by atoms with E-state index in [0.717, 1.165) is 6.20 Å². The van der Waals surface area contributed by atoms with Crippen LogP contribution in [0.1, 0.15) is 17.6 Å². The molecular weight excluding hydrogens is 287 g/mol. The smallest absolute Gasteiger partial charge is 0.244 e. The van der Waals surface area contributed by atoms with Gasteiger partial charge >= 0.3 is 0 Å². The summed E-state index contributed by atoms with van der Waals surface area (Å²) in [5.41, 5.74) is 0.196. The van der Waals surface area contributed by atoms with Crippen molar-refractivity contribution in [2.75, 3.05) is 0 Å². The van der Waals surface area contributed by atoms with Gasteiger partial charge in [0.15, 0.2) is 0 Å². The van der Waals surface area contributed by atoms with Crippen molar-refractivity contribution in [3.8, 4) is 0 Å². The van der Waals surface area contributed by atoms with Gasteiger partial charge in [-0.2, -0.15) is 0 Å². The van der Waals surface area contributed by atoms with Crippen LogP contribution in [0.25, 0.3) is 0 Å². The van der Waals surface area contributed by atoms with Crippen molar-refractivity contribution in [3.05, 3.63) is 26.9 Å². The molecule has 0 spiro atoms. The Hall–Kier alpha value is 0.0700. The number of hydrogen-bond donors (Lipinski definition) is 0. The molecule has 0 amide bonds. The zero-order chi connectivity index (χ0) is 10.0. The van der Waals surface area contributed by atoms with Gasteiger partial charge in [-0.3, -0.25) is 0 Å². The molecule has 1 aromatic rings. The Bertz CT molecular complexity index is 320. The lowest BCUT2D eigenvalue weighted by Gasteiger charge is -2.07. The van der Waals surface area contributed by atoms with Crippen molar-refractivity contribution >= 4 is 39.1 Å². The molecular formula is C7H4BrCl2F2N. The van der Waals surface area contributed by atoms with Crippen molar-refractivity contribution in [2.45, 2.75) is 12.3 Å². The minimum absolute atomic E-state index is 0.0486. The molecule has 0 radical (unpaired) electrons. The summed E-state index contributed by atoms with van der Waals surface area (Å²) in [6.45, 7) is 0. The highest BCUT2D eigenvalue weighted by Crippen LogP contribution is 2.33. The Labute approximate surface area is 92.2 Å². The van der Waals surface area contributed by atoms with E-state index in [1.807, 2.05) is 0 Å². The van der Waals surface area contributed by atoms with Gasteiger partial charge in [-0.25, -0.2) is 13.8 Å². The maximum atomic E-state index is 12.3. The van der Waals surface area contributed by atoms with Gasteiger partial charge in [0.2, 0.25) is 0 Å². The van der Waals surface area contributed by atoms with Gasteiger partial charge in [0, 0.05) is 16.2 Å². The molecule has 0 fully saturated rings. The average Bonchev–Trinajstić information content (AvgIpc) is 2.04. The third-order valence-electron chi connectivity index (χ3n) is 1.45. The van der Waals surface area contributed by atoms with E-state index < -0.39 is 6.43 Å². The molecule has 0 bridgehead atoms.